The number of hydrogen-bond donors (Lipinski definition) is 1. The number of carbonyl (C=O) groups excluding carboxylic acids is 1. The van der Waals surface area contributed by atoms with Crippen molar-refractivity contribution in [3.05, 3.63) is 33.2 Å². The summed E-state index contributed by atoms with van der Waals surface area (Å²) in [6, 6.07) is 0. The Labute approximate surface area is 107 Å². The van der Waals surface area contributed by atoms with Gasteiger partial charge in [-0.1, -0.05) is 0 Å². The van der Waals surface area contributed by atoms with E-state index in [9.17, 15) is 4.79 Å². The normalized spacial score (nSPS) is 10.9. The van der Waals surface area contributed by atoms with Crippen molar-refractivity contribution in [3.8, 4) is 0 Å². The quantitative estimate of drug-likeness (QED) is 0.868. The molecular weight excluding hydrogens is 254 g/mol. The fourth-order valence-corrected chi connectivity index (χ4v) is 2.43. The van der Waals surface area contributed by atoms with E-state index in [0.717, 1.165) is 15.6 Å². The van der Waals surface area contributed by atoms with Crippen molar-refractivity contribution in [1.29, 1.82) is 0 Å². The summed E-state index contributed by atoms with van der Waals surface area (Å²) in [7, 11) is 0. The smallest absolute Gasteiger partial charge is 0.250 e. The van der Waals surface area contributed by atoms with Gasteiger partial charge in [0.05, 0.1) is 10.7 Å². The maximum absolute atomic E-state index is 11.5. The minimum atomic E-state index is -0.190. The Kier molecular flexibility index (Phi) is 3.65. The van der Waals surface area contributed by atoms with Gasteiger partial charge in [0.15, 0.2) is 5.13 Å². The Bertz CT molecular complexity index is 557. The molecule has 0 saturated heterocycles. The standard InChI is InChI=1S/C11H11N3OS2/c1-7-5-12-11(17-7)14-10(15)4-3-9-6-16-8(2)13-9/h3-6H,1-2H3,(H,12,14,15). The van der Waals surface area contributed by atoms with E-state index in [1.807, 2.05) is 19.2 Å². The molecule has 0 aliphatic rings. The van der Waals surface area contributed by atoms with Gasteiger partial charge < -0.3 is 0 Å². The topological polar surface area (TPSA) is 54.9 Å². The van der Waals surface area contributed by atoms with Crippen LogP contribution >= 0.6 is 22.7 Å². The number of aryl methyl sites for hydroxylation is 2. The fourth-order valence-electron chi connectivity index (χ4n) is 1.18. The molecule has 17 heavy (non-hydrogen) atoms. The molecule has 2 heterocycles. The summed E-state index contributed by atoms with van der Waals surface area (Å²) in [5.74, 6) is -0.190. The largest absolute Gasteiger partial charge is 0.298 e. The highest BCUT2D eigenvalue weighted by Gasteiger charge is 2.02. The summed E-state index contributed by atoms with van der Waals surface area (Å²) >= 11 is 3.01. The number of aromatic nitrogens is 2. The molecule has 1 N–H and O–H groups in total. The first-order chi connectivity index (χ1) is 8.13. The minimum absolute atomic E-state index is 0.190. The fraction of sp³-hybridized carbons (Fsp3) is 0.182. The Hall–Kier alpha value is -1.53. The first kappa shape index (κ1) is 11.9. The molecule has 0 saturated carbocycles. The first-order valence-electron chi connectivity index (χ1n) is 4.97. The predicted octanol–water partition coefficient (Wildman–Crippen LogP) is 2.87. The lowest BCUT2D eigenvalue weighted by Gasteiger charge is -1.94. The van der Waals surface area contributed by atoms with Crippen LogP contribution in [0.15, 0.2) is 17.7 Å². The predicted molar refractivity (Wildman–Crippen MR) is 71.4 cm³/mol. The molecule has 2 aromatic rings. The van der Waals surface area contributed by atoms with E-state index < -0.39 is 0 Å². The lowest BCUT2D eigenvalue weighted by molar-refractivity contribution is -0.111. The van der Waals surface area contributed by atoms with Gasteiger partial charge in [-0.3, -0.25) is 10.1 Å². The van der Waals surface area contributed by atoms with Gasteiger partial charge in [-0.15, -0.1) is 22.7 Å². The third-order valence-corrected chi connectivity index (χ3v) is 3.51. The van der Waals surface area contributed by atoms with E-state index in [-0.39, 0.29) is 5.91 Å². The van der Waals surface area contributed by atoms with Crippen molar-refractivity contribution >= 4 is 39.8 Å². The number of carbonyl (C=O) groups is 1. The van der Waals surface area contributed by atoms with Crippen molar-refractivity contribution in [1.82, 2.24) is 9.97 Å². The zero-order chi connectivity index (χ0) is 12.3. The third kappa shape index (κ3) is 3.47. The Morgan fingerprint density at radius 3 is 2.88 bits per heavy atom. The SMILES string of the molecule is Cc1cnc(NC(=O)C=Cc2csc(C)n2)s1. The maximum atomic E-state index is 11.5. The Balaban J connectivity index is 1.95. The van der Waals surface area contributed by atoms with E-state index in [2.05, 4.69) is 15.3 Å². The summed E-state index contributed by atoms with van der Waals surface area (Å²) in [6.45, 7) is 3.88. The molecule has 4 nitrogen and oxygen atoms in total. The van der Waals surface area contributed by atoms with Crippen LogP contribution in [0.4, 0.5) is 5.13 Å². The zero-order valence-electron chi connectivity index (χ0n) is 9.43. The molecule has 0 aliphatic heterocycles. The molecule has 2 aromatic heterocycles. The molecule has 0 aromatic carbocycles. The van der Waals surface area contributed by atoms with Gasteiger partial charge in [-0.2, -0.15) is 0 Å². The highest BCUT2D eigenvalue weighted by atomic mass is 32.1. The van der Waals surface area contributed by atoms with Crippen molar-refractivity contribution in [3.63, 3.8) is 0 Å². The molecular formula is C11H11N3OS2. The van der Waals surface area contributed by atoms with Crippen LogP contribution in [0, 0.1) is 13.8 Å². The van der Waals surface area contributed by atoms with Crippen LogP contribution in [0.25, 0.3) is 6.08 Å². The van der Waals surface area contributed by atoms with Crippen LogP contribution in [-0.2, 0) is 4.79 Å². The second kappa shape index (κ2) is 5.20. The van der Waals surface area contributed by atoms with E-state index >= 15 is 0 Å². The number of thiazole rings is 2. The van der Waals surface area contributed by atoms with Gasteiger partial charge in [-0.05, 0) is 19.9 Å². The van der Waals surface area contributed by atoms with Crippen molar-refractivity contribution in [2.75, 3.05) is 5.32 Å². The summed E-state index contributed by atoms with van der Waals surface area (Å²) in [6.07, 6.45) is 4.89. The number of amides is 1. The molecule has 2 rings (SSSR count). The van der Waals surface area contributed by atoms with Gasteiger partial charge in [-0.25, -0.2) is 9.97 Å². The second-order valence-corrected chi connectivity index (χ2v) is 5.69. The average molecular weight is 265 g/mol. The number of anilines is 1. The van der Waals surface area contributed by atoms with Gasteiger partial charge >= 0.3 is 0 Å². The second-order valence-electron chi connectivity index (χ2n) is 3.39. The Morgan fingerprint density at radius 2 is 2.29 bits per heavy atom. The third-order valence-electron chi connectivity index (χ3n) is 1.89. The number of hydrogen-bond acceptors (Lipinski definition) is 5. The van der Waals surface area contributed by atoms with Crippen LogP contribution in [0.3, 0.4) is 0 Å². The molecule has 0 atom stereocenters. The monoisotopic (exact) mass is 265 g/mol. The van der Waals surface area contributed by atoms with E-state index in [1.165, 1.54) is 17.4 Å². The lowest BCUT2D eigenvalue weighted by Crippen LogP contribution is -2.07. The van der Waals surface area contributed by atoms with Crippen LogP contribution in [0.1, 0.15) is 15.6 Å². The highest BCUT2D eigenvalue weighted by molar-refractivity contribution is 7.15. The average Bonchev–Trinajstić information content (AvgIpc) is 2.85. The molecule has 6 heteroatoms. The zero-order valence-corrected chi connectivity index (χ0v) is 11.1. The number of nitrogens with zero attached hydrogens (tertiary/aromatic N) is 2. The highest BCUT2D eigenvalue weighted by Crippen LogP contribution is 2.16. The van der Waals surface area contributed by atoms with Crippen LogP contribution in [-0.4, -0.2) is 15.9 Å². The molecule has 0 unspecified atom stereocenters. The van der Waals surface area contributed by atoms with Crippen LogP contribution in [0.5, 0.6) is 0 Å². The molecule has 88 valence electrons. The summed E-state index contributed by atoms with van der Waals surface area (Å²) in [4.78, 5) is 20.9. The van der Waals surface area contributed by atoms with Gasteiger partial charge in [0.1, 0.15) is 0 Å². The maximum Gasteiger partial charge on any atom is 0.250 e. The summed E-state index contributed by atoms with van der Waals surface area (Å²) < 4.78 is 0. The van der Waals surface area contributed by atoms with E-state index in [4.69, 9.17) is 0 Å². The molecule has 0 spiro atoms. The number of nitrogens with one attached hydrogen (secondary N) is 1. The molecule has 0 aliphatic carbocycles. The van der Waals surface area contributed by atoms with Crippen LogP contribution < -0.4 is 5.32 Å². The minimum Gasteiger partial charge on any atom is -0.298 e. The van der Waals surface area contributed by atoms with Crippen molar-refractivity contribution in [2.45, 2.75) is 13.8 Å². The van der Waals surface area contributed by atoms with Crippen molar-refractivity contribution < 1.29 is 4.79 Å². The molecule has 0 radical (unpaired) electrons. The molecule has 0 bridgehead atoms. The van der Waals surface area contributed by atoms with E-state index in [0.29, 0.717) is 5.13 Å². The van der Waals surface area contributed by atoms with Gasteiger partial charge in [0.25, 0.3) is 0 Å². The Morgan fingerprint density at radius 1 is 1.47 bits per heavy atom. The molecule has 0 fully saturated rings. The van der Waals surface area contributed by atoms with Gasteiger partial charge in [0.2, 0.25) is 5.91 Å². The summed E-state index contributed by atoms with van der Waals surface area (Å²) in [5, 5.41) is 6.21. The first-order valence-corrected chi connectivity index (χ1v) is 6.67. The lowest BCUT2D eigenvalue weighted by atomic mass is 10.4. The van der Waals surface area contributed by atoms with E-state index in [1.54, 1.807) is 23.6 Å². The van der Waals surface area contributed by atoms with Crippen molar-refractivity contribution in [2.24, 2.45) is 0 Å². The van der Waals surface area contributed by atoms with Gasteiger partial charge in [0, 0.05) is 22.5 Å². The molecule has 1 amide bonds. The van der Waals surface area contributed by atoms with Crippen LogP contribution in [0.2, 0.25) is 0 Å². The summed E-state index contributed by atoms with van der Waals surface area (Å²) in [5.41, 5.74) is 0.804. The number of rotatable bonds is 3.